The van der Waals surface area contributed by atoms with Crippen LogP contribution in [0.1, 0.15) is 57.8 Å². The van der Waals surface area contributed by atoms with E-state index in [1.165, 1.54) is 35.7 Å². The highest BCUT2D eigenvalue weighted by atomic mass is 32.2. The number of rotatable bonds is 4. The molecule has 0 spiro atoms. The van der Waals surface area contributed by atoms with Crippen LogP contribution in [0.25, 0.3) is 0 Å². The van der Waals surface area contributed by atoms with Crippen molar-refractivity contribution in [1.29, 1.82) is 0 Å². The minimum Gasteiger partial charge on any atom is -0.482 e. The van der Waals surface area contributed by atoms with Gasteiger partial charge in [-0.1, -0.05) is 32.1 Å². The van der Waals surface area contributed by atoms with Crippen LogP contribution in [0, 0.1) is 0 Å². The summed E-state index contributed by atoms with van der Waals surface area (Å²) < 4.78 is 33.2. The predicted molar refractivity (Wildman–Crippen MR) is 112 cm³/mol. The average molecular weight is 436 g/mol. The molecule has 2 fully saturated rings. The third-order valence-electron chi connectivity index (χ3n) is 6.15. The van der Waals surface area contributed by atoms with Gasteiger partial charge in [-0.05, 0) is 43.9 Å². The van der Waals surface area contributed by atoms with Crippen molar-refractivity contribution in [3.8, 4) is 5.75 Å². The van der Waals surface area contributed by atoms with Crippen LogP contribution in [-0.2, 0) is 19.6 Å². The van der Waals surface area contributed by atoms with E-state index >= 15 is 0 Å². The molecule has 8 nitrogen and oxygen atoms in total. The Hall–Kier alpha value is -2.13. The lowest BCUT2D eigenvalue weighted by Crippen LogP contribution is -2.48. The highest BCUT2D eigenvalue weighted by Crippen LogP contribution is 2.33. The predicted octanol–water partition coefficient (Wildman–Crippen LogP) is 2.40. The first-order chi connectivity index (χ1) is 14.4. The maximum absolute atomic E-state index is 13.3. The molecule has 3 aliphatic rings. The third-order valence-corrected chi connectivity index (χ3v) is 8.05. The van der Waals surface area contributed by atoms with Gasteiger partial charge in [-0.3, -0.25) is 9.59 Å². The zero-order valence-corrected chi connectivity index (χ0v) is 17.9. The molecule has 2 aliphatic heterocycles. The van der Waals surface area contributed by atoms with Crippen LogP contribution >= 0.6 is 0 Å². The fourth-order valence-electron chi connectivity index (χ4n) is 4.55. The molecule has 2 N–H and O–H groups in total. The molecule has 1 atom stereocenters. The number of anilines is 1. The lowest BCUT2D eigenvalue weighted by atomic mass is 9.96. The summed E-state index contributed by atoms with van der Waals surface area (Å²) >= 11 is 0. The summed E-state index contributed by atoms with van der Waals surface area (Å²) in [5.74, 6) is -0.0838. The van der Waals surface area contributed by atoms with Gasteiger partial charge in [0.2, 0.25) is 15.9 Å². The average Bonchev–Trinajstić information content (AvgIpc) is 3.20. The molecule has 1 unspecified atom stereocenters. The van der Waals surface area contributed by atoms with E-state index in [-0.39, 0.29) is 29.4 Å². The zero-order valence-electron chi connectivity index (χ0n) is 17.1. The van der Waals surface area contributed by atoms with Crippen molar-refractivity contribution >= 4 is 27.5 Å². The fraction of sp³-hybridized carbons (Fsp3) is 0.619. The van der Waals surface area contributed by atoms with Crippen LogP contribution in [0.5, 0.6) is 5.75 Å². The Morgan fingerprint density at radius 1 is 1.07 bits per heavy atom. The standard InChI is InChI=1S/C21H29N3O5S/c25-20-14-29-19-11-10-16(13-17(19)23-20)30(27,28)24-12-6-9-18(24)21(26)22-15-7-4-2-1-3-5-8-15/h10-11,13,15,18H,1-9,12,14H2,(H,22,26)(H,23,25). The lowest BCUT2D eigenvalue weighted by Gasteiger charge is -2.27. The molecular formula is C21H29N3O5S. The summed E-state index contributed by atoms with van der Waals surface area (Å²) in [6.45, 7) is 0.222. The maximum atomic E-state index is 13.3. The number of carbonyl (C=O) groups excluding carboxylic acids is 2. The monoisotopic (exact) mass is 435 g/mol. The number of nitrogens with zero attached hydrogens (tertiary/aromatic N) is 1. The second-order valence-corrected chi connectivity index (χ2v) is 10.2. The second kappa shape index (κ2) is 8.93. The molecule has 1 saturated heterocycles. The SMILES string of the molecule is O=C1COc2ccc(S(=O)(=O)N3CCCC3C(=O)NC3CCCCCCC3)cc2N1. The lowest BCUT2D eigenvalue weighted by molar-refractivity contribution is -0.125. The first-order valence-corrected chi connectivity index (χ1v) is 12.3. The molecule has 0 radical (unpaired) electrons. The van der Waals surface area contributed by atoms with Crippen LogP contribution in [0.15, 0.2) is 23.1 Å². The van der Waals surface area contributed by atoms with Crippen LogP contribution in [-0.4, -0.2) is 49.8 Å². The molecule has 1 aromatic rings. The minimum atomic E-state index is -3.87. The zero-order chi connectivity index (χ0) is 21.1. The summed E-state index contributed by atoms with van der Waals surface area (Å²) in [5, 5.41) is 5.75. The molecule has 1 aliphatic carbocycles. The second-order valence-electron chi connectivity index (χ2n) is 8.32. The summed E-state index contributed by atoms with van der Waals surface area (Å²) in [6.07, 6.45) is 8.90. The van der Waals surface area contributed by atoms with Crippen molar-refractivity contribution in [2.24, 2.45) is 0 Å². The molecule has 2 heterocycles. The first kappa shape index (κ1) is 21.1. The Balaban J connectivity index is 1.50. The maximum Gasteiger partial charge on any atom is 0.262 e. The van der Waals surface area contributed by atoms with Crippen molar-refractivity contribution in [2.75, 3.05) is 18.5 Å². The molecular weight excluding hydrogens is 406 g/mol. The van der Waals surface area contributed by atoms with E-state index in [0.717, 1.165) is 25.7 Å². The topological polar surface area (TPSA) is 105 Å². The van der Waals surface area contributed by atoms with Crippen molar-refractivity contribution in [1.82, 2.24) is 9.62 Å². The minimum absolute atomic E-state index is 0.0534. The highest BCUT2D eigenvalue weighted by molar-refractivity contribution is 7.89. The Labute approximate surface area is 177 Å². The van der Waals surface area contributed by atoms with E-state index in [9.17, 15) is 18.0 Å². The van der Waals surface area contributed by atoms with Crippen LogP contribution in [0.2, 0.25) is 0 Å². The number of sulfonamides is 1. The molecule has 4 rings (SSSR count). The number of amides is 2. The van der Waals surface area contributed by atoms with Crippen molar-refractivity contribution in [3.63, 3.8) is 0 Å². The summed E-state index contributed by atoms with van der Waals surface area (Å²) in [5.41, 5.74) is 0.335. The van der Waals surface area contributed by atoms with E-state index in [1.54, 1.807) is 6.07 Å². The molecule has 0 bridgehead atoms. The van der Waals surface area contributed by atoms with Crippen LogP contribution in [0.4, 0.5) is 5.69 Å². The Bertz CT molecular complexity index is 909. The number of ether oxygens (including phenoxy) is 1. The van der Waals surface area contributed by atoms with E-state index < -0.39 is 16.1 Å². The van der Waals surface area contributed by atoms with E-state index in [0.29, 0.717) is 30.8 Å². The van der Waals surface area contributed by atoms with Gasteiger partial charge in [0.1, 0.15) is 11.8 Å². The van der Waals surface area contributed by atoms with Gasteiger partial charge in [0.15, 0.2) is 6.61 Å². The molecule has 164 valence electrons. The third kappa shape index (κ3) is 4.46. The van der Waals surface area contributed by atoms with Gasteiger partial charge in [0.25, 0.3) is 5.91 Å². The smallest absolute Gasteiger partial charge is 0.262 e. The first-order valence-electron chi connectivity index (χ1n) is 10.8. The fourth-order valence-corrected chi connectivity index (χ4v) is 6.23. The van der Waals surface area contributed by atoms with Gasteiger partial charge < -0.3 is 15.4 Å². The van der Waals surface area contributed by atoms with Gasteiger partial charge in [0, 0.05) is 12.6 Å². The quantitative estimate of drug-likeness (QED) is 0.756. The molecule has 0 aromatic heterocycles. The van der Waals surface area contributed by atoms with Crippen molar-refractivity contribution in [2.45, 2.75) is 74.8 Å². The summed E-state index contributed by atoms with van der Waals surface area (Å²) in [6, 6.07) is 3.85. The van der Waals surface area contributed by atoms with Crippen LogP contribution < -0.4 is 15.4 Å². The molecule has 2 amide bonds. The number of benzene rings is 1. The number of fused-ring (bicyclic) bond motifs is 1. The Morgan fingerprint density at radius 2 is 1.80 bits per heavy atom. The number of hydrogen-bond acceptors (Lipinski definition) is 5. The Morgan fingerprint density at radius 3 is 2.57 bits per heavy atom. The Kier molecular flexibility index (Phi) is 6.29. The number of hydrogen-bond donors (Lipinski definition) is 2. The largest absolute Gasteiger partial charge is 0.482 e. The van der Waals surface area contributed by atoms with E-state index in [1.807, 2.05) is 0 Å². The molecule has 30 heavy (non-hydrogen) atoms. The van der Waals surface area contributed by atoms with E-state index in [4.69, 9.17) is 4.74 Å². The van der Waals surface area contributed by atoms with Gasteiger partial charge in [0.05, 0.1) is 10.6 Å². The van der Waals surface area contributed by atoms with Gasteiger partial charge >= 0.3 is 0 Å². The highest BCUT2D eigenvalue weighted by Gasteiger charge is 2.40. The molecule has 1 saturated carbocycles. The van der Waals surface area contributed by atoms with Gasteiger partial charge in [-0.15, -0.1) is 0 Å². The van der Waals surface area contributed by atoms with Crippen LogP contribution in [0.3, 0.4) is 0 Å². The van der Waals surface area contributed by atoms with E-state index in [2.05, 4.69) is 10.6 Å². The number of nitrogens with one attached hydrogen (secondary N) is 2. The van der Waals surface area contributed by atoms with Gasteiger partial charge in [-0.25, -0.2) is 8.42 Å². The van der Waals surface area contributed by atoms with Crippen molar-refractivity contribution in [3.05, 3.63) is 18.2 Å². The molecule has 1 aromatic carbocycles. The van der Waals surface area contributed by atoms with Gasteiger partial charge in [-0.2, -0.15) is 4.31 Å². The summed E-state index contributed by atoms with van der Waals surface area (Å²) in [4.78, 5) is 24.6. The normalized spacial score (nSPS) is 23.6. The summed E-state index contributed by atoms with van der Waals surface area (Å²) in [7, 11) is -3.87. The number of carbonyl (C=O) groups is 2. The van der Waals surface area contributed by atoms with Crippen molar-refractivity contribution < 1.29 is 22.7 Å². The molecule has 9 heteroatoms.